The molecule has 6 nitrogen and oxygen atoms in total. The summed E-state index contributed by atoms with van der Waals surface area (Å²) >= 11 is 0. The largest absolute Gasteiger partial charge is 0.344 e. The molecule has 0 saturated carbocycles. The van der Waals surface area contributed by atoms with E-state index in [9.17, 15) is 9.59 Å². The fraction of sp³-hybridized carbons (Fsp3) is 0.438. The van der Waals surface area contributed by atoms with Crippen LogP contribution in [0.4, 0.5) is 0 Å². The van der Waals surface area contributed by atoms with E-state index in [1.54, 1.807) is 17.2 Å². The first-order chi connectivity index (χ1) is 10.5. The van der Waals surface area contributed by atoms with Crippen molar-refractivity contribution in [1.82, 2.24) is 19.9 Å². The summed E-state index contributed by atoms with van der Waals surface area (Å²) < 4.78 is 0. The number of hydrogen-bond acceptors (Lipinski definition) is 3. The zero-order chi connectivity index (χ0) is 15.9. The van der Waals surface area contributed by atoms with E-state index in [-0.39, 0.29) is 23.1 Å². The Bertz CT molecular complexity index is 775. The fourth-order valence-corrected chi connectivity index (χ4v) is 2.94. The Morgan fingerprint density at radius 1 is 1.32 bits per heavy atom. The van der Waals surface area contributed by atoms with Crippen molar-refractivity contribution in [2.75, 3.05) is 6.54 Å². The molecule has 1 aliphatic heterocycles. The Balaban J connectivity index is 1.94. The molecular formula is C16H20N4O2. The van der Waals surface area contributed by atoms with Crippen LogP contribution in [0.1, 0.15) is 52.0 Å². The summed E-state index contributed by atoms with van der Waals surface area (Å²) in [6.07, 6.45) is 3.54. The SMILES string of the molecule is Cc1cnc([C@@H]2CCCN2C(=O)c2cc(C)c(C)[nH]c2=O)[nH]1. The molecule has 1 atom stereocenters. The standard InChI is InChI=1S/C16H20N4O2/c1-9-7-12(15(21)19-11(9)3)16(22)20-6-4-5-13(20)14-17-8-10(2)18-14/h7-8,13H,4-6H2,1-3H3,(H,17,18)(H,19,21)/t13-/m0/s1. The highest BCUT2D eigenvalue weighted by Gasteiger charge is 2.33. The van der Waals surface area contributed by atoms with Crippen LogP contribution in [0, 0.1) is 20.8 Å². The van der Waals surface area contributed by atoms with Gasteiger partial charge in [-0.1, -0.05) is 0 Å². The molecule has 2 aromatic rings. The van der Waals surface area contributed by atoms with E-state index in [1.807, 2.05) is 20.8 Å². The normalized spacial score (nSPS) is 18.0. The molecule has 1 fully saturated rings. The van der Waals surface area contributed by atoms with Crippen LogP contribution >= 0.6 is 0 Å². The number of H-pyrrole nitrogens is 2. The van der Waals surface area contributed by atoms with Gasteiger partial charge in [-0.3, -0.25) is 9.59 Å². The molecule has 3 heterocycles. The molecule has 6 heteroatoms. The Morgan fingerprint density at radius 2 is 2.09 bits per heavy atom. The van der Waals surface area contributed by atoms with Crippen molar-refractivity contribution in [2.45, 2.75) is 39.7 Å². The number of hydrogen-bond donors (Lipinski definition) is 2. The van der Waals surface area contributed by atoms with Gasteiger partial charge in [-0.15, -0.1) is 0 Å². The van der Waals surface area contributed by atoms with Gasteiger partial charge >= 0.3 is 0 Å². The van der Waals surface area contributed by atoms with E-state index in [1.165, 1.54) is 0 Å². The number of imidazole rings is 1. The van der Waals surface area contributed by atoms with Crippen LogP contribution in [-0.4, -0.2) is 32.3 Å². The summed E-state index contributed by atoms with van der Waals surface area (Å²) in [5.41, 5.74) is 2.56. The average molecular weight is 300 g/mol. The smallest absolute Gasteiger partial charge is 0.261 e. The number of aromatic amines is 2. The third kappa shape index (κ3) is 2.45. The third-order valence-corrected chi connectivity index (χ3v) is 4.28. The van der Waals surface area contributed by atoms with Crippen LogP contribution in [0.15, 0.2) is 17.1 Å². The minimum absolute atomic E-state index is 0.0813. The molecule has 0 radical (unpaired) electrons. The molecule has 1 saturated heterocycles. The number of pyridine rings is 1. The van der Waals surface area contributed by atoms with Crippen molar-refractivity contribution < 1.29 is 4.79 Å². The zero-order valence-corrected chi connectivity index (χ0v) is 13.1. The maximum Gasteiger partial charge on any atom is 0.261 e. The third-order valence-electron chi connectivity index (χ3n) is 4.28. The second-order valence-electron chi connectivity index (χ2n) is 5.93. The van der Waals surface area contributed by atoms with E-state index in [0.717, 1.165) is 35.6 Å². The molecule has 3 rings (SSSR count). The van der Waals surface area contributed by atoms with Crippen molar-refractivity contribution in [3.63, 3.8) is 0 Å². The lowest BCUT2D eigenvalue weighted by molar-refractivity contribution is 0.0728. The summed E-state index contributed by atoms with van der Waals surface area (Å²) in [6.45, 7) is 6.30. The minimum Gasteiger partial charge on any atom is -0.344 e. The monoisotopic (exact) mass is 300 g/mol. The molecule has 116 valence electrons. The van der Waals surface area contributed by atoms with E-state index < -0.39 is 0 Å². The second-order valence-corrected chi connectivity index (χ2v) is 5.93. The maximum absolute atomic E-state index is 12.8. The lowest BCUT2D eigenvalue weighted by atomic mass is 10.1. The topological polar surface area (TPSA) is 81.8 Å². The average Bonchev–Trinajstić information content (AvgIpc) is 3.10. The summed E-state index contributed by atoms with van der Waals surface area (Å²) in [4.78, 5) is 36.9. The summed E-state index contributed by atoms with van der Waals surface area (Å²) in [5.74, 6) is 0.574. The number of amides is 1. The zero-order valence-electron chi connectivity index (χ0n) is 13.1. The molecular weight excluding hydrogens is 280 g/mol. The number of likely N-dealkylation sites (tertiary alicyclic amines) is 1. The van der Waals surface area contributed by atoms with Crippen LogP contribution in [0.2, 0.25) is 0 Å². The van der Waals surface area contributed by atoms with E-state index in [2.05, 4.69) is 15.0 Å². The quantitative estimate of drug-likeness (QED) is 0.890. The number of carbonyl (C=O) groups excluding carboxylic acids is 1. The van der Waals surface area contributed by atoms with Gasteiger partial charge in [0.2, 0.25) is 0 Å². The van der Waals surface area contributed by atoms with Crippen LogP contribution in [0.3, 0.4) is 0 Å². The van der Waals surface area contributed by atoms with E-state index in [4.69, 9.17) is 0 Å². The Labute approximate surface area is 128 Å². The van der Waals surface area contributed by atoms with Gasteiger partial charge in [-0.05, 0) is 45.2 Å². The molecule has 2 aromatic heterocycles. The Morgan fingerprint density at radius 3 is 2.77 bits per heavy atom. The predicted molar refractivity (Wildman–Crippen MR) is 82.9 cm³/mol. The first-order valence-electron chi connectivity index (χ1n) is 7.50. The Kier molecular flexibility index (Phi) is 3.60. The fourth-order valence-electron chi connectivity index (χ4n) is 2.94. The number of nitrogens with one attached hydrogen (secondary N) is 2. The van der Waals surface area contributed by atoms with Crippen molar-refractivity contribution in [3.05, 3.63) is 51.0 Å². The lowest BCUT2D eigenvalue weighted by Crippen LogP contribution is -2.35. The first kappa shape index (κ1) is 14.6. The molecule has 0 aliphatic carbocycles. The molecule has 1 aliphatic rings. The number of nitrogens with zero attached hydrogens (tertiary/aromatic N) is 2. The Hall–Kier alpha value is -2.37. The first-order valence-corrected chi connectivity index (χ1v) is 7.50. The van der Waals surface area contributed by atoms with Crippen LogP contribution in [-0.2, 0) is 0 Å². The molecule has 0 spiro atoms. The van der Waals surface area contributed by atoms with Gasteiger partial charge in [0.25, 0.3) is 11.5 Å². The number of carbonyl (C=O) groups is 1. The van der Waals surface area contributed by atoms with Crippen molar-refractivity contribution in [1.29, 1.82) is 0 Å². The van der Waals surface area contributed by atoms with Gasteiger partial charge in [-0.25, -0.2) is 4.98 Å². The molecule has 0 unspecified atom stereocenters. The van der Waals surface area contributed by atoms with Crippen molar-refractivity contribution in [3.8, 4) is 0 Å². The second kappa shape index (κ2) is 5.44. The highest BCUT2D eigenvalue weighted by molar-refractivity contribution is 5.94. The summed E-state index contributed by atoms with van der Waals surface area (Å²) in [5, 5.41) is 0. The highest BCUT2D eigenvalue weighted by Crippen LogP contribution is 2.31. The number of aryl methyl sites for hydroxylation is 3. The van der Waals surface area contributed by atoms with Crippen LogP contribution in [0.25, 0.3) is 0 Å². The summed E-state index contributed by atoms with van der Waals surface area (Å²) in [7, 11) is 0. The number of rotatable bonds is 2. The van der Waals surface area contributed by atoms with E-state index >= 15 is 0 Å². The van der Waals surface area contributed by atoms with Gasteiger partial charge in [0, 0.05) is 24.1 Å². The summed E-state index contributed by atoms with van der Waals surface area (Å²) in [6, 6.07) is 1.60. The minimum atomic E-state index is -0.325. The molecule has 2 N–H and O–H groups in total. The molecule has 1 amide bonds. The van der Waals surface area contributed by atoms with Gasteiger partial charge in [0.1, 0.15) is 11.4 Å². The predicted octanol–water partition coefficient (Wildman–Crippen LogP) is 2.00. The van der Waals surface area contributed by atoms with Crippen molar-refractivity contribution >= 4 is 5.91 Å². The number of aromatic nitrogens is 3. The van der Waals surface area contributed by atoms with Crippen molar-refractivity contribution in [2.24, 2.45) is 0 Å². The van der Waals surface area contributed by atoms with Crippen LogP contribution in [0.5, 0.6) is 0 Å². The maximum atomic E-state index is 12.8. The van der Waals surface area contributed by atoms with Gasteiger partial charge < -0.3 is 14.9 Å². The van der Waals surface area contributed by atoms with Gasteiger partial charge in [0.15, 0.2) is 0 Å². The highest BCUT2D eigenvalue weighted by atomic mass is 16.2. The van der Waals surface area contributed by atoms with Gasteiger partial charge in [0.05, 0.1) is 6.04 Å². The lowest BCUT2D eigenvalue weighted by Gasteiger charge is -2.23. The molecule has 0 bridgehead atoms. The van der Waals surface area contributed by atoms with Crippen LogP contribution < -0.4 is 5.56 Å². The molecule has 22 heavy (non-hydrogen) atoms. The van der Waals surface area contributed by atoms with Gasteiger partial charge in [-0.2, -0.15) is 0 Å². The molecule has 0 aromatic carbocycles. The van der Waals surface area contributed by atoms with E-state index in [0.29, 0.717) is 6.54 Å².